The molecule has 0 bridgehead atoms. The second-order valence-electron chi connectivity index (χ2n) is 4.23. The number of hydrogen-bond donors (Lipinski definition) is 0. The Bertz CT molecular complexity index is 1080. The zero-order valence-electron chi connectivity index (χ0n) is 13.0. The Labute approximate surface area is 142 Å². The van der Waals surface area contributed by atoms with Crippen molar-refractivity contribution in [1.29, 1.82) is 0 Å². The van der Waals surface area contributed by atoms with Gasteiger partial charge in [0, 0.05) is 6.20 Å². The van der Waals surface area contributed by atoms with E-state index in [1.165, 1.54) is 0 Å². The van der Waals surface area contributed by atoms with Crippen LogP contribution in [0.2, 0.25) is 0 Å². The highest BCUT2D eigenvalue weighted by atomic mass is 32.2. The number of fused-ring (bicyclic) bond motifs is 3. The van der Waals surface area contributed by atoms with Gasteiger partial charge in [0.1, 0.15) is 0 Å². The molecule has 3 aromatic rings. The van der Waals surface area contributed by atoms with E-state index in [4.69, 9.17) is 0 Å². The highest BCUT2D eigenvalue weighted by Gasteiger charge is 2.50. The predicted octanol–water partition coefficient (Wildman–Crippen LogP) is 1.84. The largest absolute Gasteiger partial charge is 0.534 e. The number of alkyl halides is 3. The van der Waals surface area contributed by atoms with Gasteiger partial charge in [-0.2, -0.15) is 26.1 Å². The van der Waals surface area contributed by atoms with E-state index < -0.39 is 37.6 Å². The molecule has 0 radical (unpaired) electrons. The lowest BCUT2D eigenvalue weighted by Crippen LogP contribution is -2.28. The zero-order valence-corrected chi connectivity index (χ0v) is 13.8. The number of halogens is 3. The molecule has 0 aliphatic carbocycles. The van der Waals surface area contributed by atoms with Gasteiger partial charge in [-0.25, -0.2) is 0 Å². The van der Waals surface area contributed by atoms with Crippen molar-refractivity contribution < 1.29 is 30.7 Å². The van der Waals surface area contributed by atoms with Crippen LogP contribution in [0.3, 0.4) is 0 Å². The van der Waals surface area contributed by atoms with Gasteiger partial charge in [-0.1, -0.05) is 13.8 Å². The van der Waals surface area contributed by atoms with Crippen LogP contribution in [0.5, 0.6) is 5.75 Å². The molecule has 0 unspecified atom stereocenters. The summed E-state index contributed by atoms with van der Waals surface area (Å²) in [5.41, 5.74) is -7.60. The van der Waals surface area contributed by atoms with Crippen LogP contribution in [-0.4, -0.2) is 43.9 Å². The fourth-order valence-electron chi connectivity index (χ4n) is 1.88. The molecule has 11 nitrogen and oxygen atoms in total. The Hall–Kier alpha value is -3.10. The number of pyridine rings is 2. The molecule has 0 aliphatic heterocycles. The first-order chi connectivity index (χ1) is 12.1. The van der Waals surface area contributed by atoms with Crippen LogP contribution in [0.1, 0.15) is 13.8 Å². The lowest BCUT2D eigenvalue weighted by Gasteiger charge is -2.11. The minimum absolute atomic E-state index is 0.0875. The summed E-state index contributed by atoms with van der Waals surface area (Å²) < 4.78 is 65.1. The number of hydrogen-bond acceptors (Lipinski definition) is 9. The van der Waals surface area contributed by atoms with E-state index in [1.807, 2.05) is 13.8 Å². The molecule has 0 fully saturated rings. The molecule has 3 aromatic heterocycles. The van der Waals surface area contributed by atoms with Crippen molar-refractivity contribution in [2.45, 2.75) is 19.4 Å². The maximum absolute atomic E-state index is 12.6. The average Bonchev–Trinajstić information content (AvgIpc) is 3.04. The minimum atomic E-state index is -6.15. The molecule has 26 heavy (non-hydrogen) atoms. The van der Waals surface area contributed by atoms with Gasteiger partial charge < -0.3 is 4.18 Å². The molecule has 3 heterocycles. The Morgan fingerprint density at radius 1 is 1.31 bits per heavy atom. The quantitative estimate of drug-likeness (QED) is 0.281. The molecular weight excluding hydrogens is 385 g/mol. The van der Waals surface area contributed by atoms with Crippen LogP contribution >= 0.6 is 0 Å². The Morgan fingerprint density at radius 2 is 1.96 bits per heavy atom. The van der Waals surface area contributed by atoms with Crippen LogP contribution < -0.4 is 4.18 Å². The third-order valence-corrected chi connectivity index (χ3v) is 3.78. The van der Waals surface area contributed by atoms with Crippen LogP contribution in [-0.2, 0) is 10.1 Å². The van der Waals surface area contributed by atoms with Gasteiger partial charge in [-0.15, -0.1) is 5.10 Å². The normalized spacial score (nSPS) is 11.9. The topological polar surface area (TPSA) is 142 Å². The molecule has 0 aliphatic rings. The van der Waals surface area contributed by atoms with E-state index in [0.29, 0.717) is 0 Å². The smallest absolute Gasteiger partial charge is 0.368 e. The molecule has 140 valence electrons. The number of nitro groups is 1. The number of nitrogens with zero attached hydrogens (tertiary/aromatic N) is 6. The van der Waals surface area contributed by atoms with Crippen molar-refractivity contribution in [3.63, 3.8) is 0 Å². The van der Waals surface area contributed by atoms with E-state index in [2.05, 4.69) is 24.7 Å². The van der Waals surface area contributed by atoms with E-state index in [9.17, 15) is 31.7 Å². The predicted molar refractivity (Wildman–Crippen MR) is 79.7 cm³/mol. The SMILES string of the molecule is CC.O=[N+]([O-])c1c(OS(=O)(=O)C(F)(F)F)c2ccncc2n2nnnc12. The summed E-state index contributed by atoms with van der Waals surface area (Å²) in [5.74, 6) is -1.16. The second kappa shape index (κ2) is 6.66. The summed E-state index contributed by atoms with van der Waals surface area (Å²) in [7, 11) is -6.15. The van der Waals surface area contributed by atoms with Crippen molar-refractivity contribution in [3.05, 3.63) is 28.6 Å². The molecule has 0 N–H and O–H groups in total. The van der Waals surface area contributed by atoms with Crippen LogP contribution in [0.15, 0.2) is 18.5 Å². The highest BCUT2D eigenvalue weighted by Crippen LogP contribution is 2.40. The molecule has 0 saturated heterocycles. The summed E-state index contributed by atoms with van der Waals surface area (Å²) in [6, 6.07) is 1.03. The zero-order chi connectivity index (χ0) is 19.7. The second-order valence-corrected chi connectivity index (χ2v) is 5.76. The van der Waals surface area contributed by atoms with Gasteiger partial charge in [0.2, 0.25) is 5.75 Å². The van der Waals surface area contributed by atoms with Gasteiger partial charge in [0.05, 0.1) is 22.0 Å². The van der Waals surface area contributed by atoms with Crippen molar-refractivity contribution in [1.82, 2.24) is 25.0 Å². The van der Waals surface area contributed by atoms with Crippen molar-refractivity contribution in [3.8, 4) is 5.75 Å². The third-order valence-electron chi connectivity index (χ3n) is 2.83. The lowest BCUT2D eigenvalue weighted by molar-refractivity contribution is -0.384. The molecule has 0 saturated carbocycles. The van der Waals surface area contributed by atoms with Crippen LogP contribution in [0.25, 0.3) is 16.6 Å². The minimum Gasteiger partial charge on any atom is -0.368 e. The Morgan fingerprint density at radius 3 is 2.54 bits per heavy atom. The van der Waals surface area contributed by atoms with E-state index in [-0.39, 0.29) is 10.9 Å². The van der Waals surface area contributed by atoms with Gasteiger partial charge in [-0.3, -0.25) is 15.1 Å². The van der Waals surface area contributed by atoms with Gasteiger partial charge in [0.15, 0.2) is 0 Å². The monoisotopic (exact) mass is 394 g/mol. The number of aromatic nitrogens is 5. The van der Waals surface area contributed by atoms with E-state index in [1.54, 1.807) is 0 Å². The first-order valence-corrected chi connectivity index (χ1v) is 8.17. The van der Waals surface area contributed by atoms with Crippen LogP contribution in [0.4, 0.5) is 18.9 Å². The maximum atomic E-state index is 12.6. The average molecular weight is 394 g/mol. The van der Waals surface area contributed by atoms with Gasteiger partial charge in [0.25, 0.3) is 5.65 Å². The summed E-state index contributed by atoms with van der Waals surface area (Å²) in [6.07, 6.45) is 2.16. The fraction of sp³-hybridized carbons (Fsp3) is 0.273. The molecule has 0 spiro atoms. The lowest BCUT2D eigenvalue weighted by atomic mass is 10.2. The van der Waals surface area contributed by atoms with Crippen molar-refractivity contribution in [2.24, 2.45) is 0 Å². The standard InChI is InChI=1S/C9H3F3N6O5S.C2H6/c10-9(11,12)24(21,22)23-7-4-1-2-13-3-5(4)17-8(14-15-16-17)6(7)18(19)20;1-2/h1-3H;1-2H3. The first kappa shape index (κ1) is 19.2. The van der Waals surface area contributed by atoms with E-state index >= 15 is 0 Å². The Balaban J connectivity index is 0.00000117. The summed E-state index contributed by atoms with van der Waals surface area (Å²) >= 11 is 0. The fourth-order valence-corrected chi connectivity index (χ4v) is 2.36. The summed E-state index contributed by atoms with van der Waals surface area (Å²) in [6.45, 7) is 4.00. The van der Waals surface area contributed by atoms with Gasteiger partial charge >= 0.3 is 21.3 Å². The number of tetrazole rings is 1. The molecular formula is C11H9F3N6O5S. The maximum Gasteiger partial charge on any atom is 0.534 e. The molecule has 15 heteroatoms. The molecule has 0 aromatic carbocycles. The Kier molecular flexibility index (Phi) is 4.93. The van der Waals surface area contributed by atoms with Crippen LogP contribution in [0, 0.1) is 10.1 Å². The van der Waals surface area contributed by atoms with Crippen molar-refractivity contribution >= 4 is 32.4 Å². The van der Waals surface area contributed by atoms with Gasteiger partial charge in [-0.05, 0) is 16.5 Å². The summed E-state index contributed by atoms with van der Waals surface area (Å²) in [5, 5.41) is 20.9. The van der Waals surface area contributed by atoms with E-state index in [0.717, 1.165) is 23.0 Å². The third kappa shape index (κ3) is 3.07. The first-order valence-electron chi connectivity index (χ1n) is 6.76. The van der Waals surface area contributed by atoms with Crippen molar-refractivity contribution in [2.75, 3.05) is 0 Å². The number of rotatable bonds is 3. The molecule has 0 amide bonds. The molecule has 0 atom stereocenters. The summed E-state index contributed by atoms with van der Waals surface area (Å²) in [4.78, 5) is 13.8. The molecule has 3 rings (SSSR count). The highest BCUT2D eigenvalue weighted by molar-refractivity contribution is 7.88.